The predicted octanol–water partition coefficient (Wildman–Crippen LogP) is 31.1. The van der Waals surface area contributed by atoms with Gasteiger partial charge in [0.05, 0.1) is 0 Å². The summed E-state index contributed by atoms with van der Waals surface area (Å²) in [6.45, 7) is 27.8. The van der Waals surface area contributed by atoms with E-state index < -0.39 is 16.2 Å². The molecule has 0 aromatic heterocycles. The average Bonchev–Trinajstić information content (AvgIpc) is 1.49. The van der Waals surface area contributed by atoms with Crippen LogP contribution in [0.15, 0.2) is 212 Å². The fourth-order valence-corrected chi connectivity index (χ4v) is 23.3. The highest BCUT2D eigenvalue weighted by Crippen LogP contribution is 2.70. The zero-order valence-corrected chi connectivity index (χ0v) is 70.4. The monoisotopic (exact) mass is 1470 g/mol. The van der Waals surface area contributed by atoms with Gasteiger partial charge in [-0.1, -0.05) is 345 Å². The molecule has 112 heavy (non-hydrogen) atoms. The van der Waals surface area contributed by atoms with E-state index in [9.17, 15) is 0 Å². The molecule has 0 saturated heterocycles. The second-order valence-corrected chi connectivity index (χ2v) is 35.8. The third-order valence-corrected chi connectivity index (χ3v) is 29.1. The first-order valence-electron chi connectivity index (χ1n) is 45.2. The number of rotatable bonds is 35. The van der Waals surface area contributed by atoms with Gasteiger partial charge in [-0.3, -0.25) is 0 Å². The van der Waals surface area contributed by atoms with Gasteiger partial charge in [-0.05, 0) is 308 Å². The lowest BCUT2D eigenvalue weighted by molar-refractivity contribution is 0.640. The van der Waals surface area contributed by atoms with Crippen LogP contribution in [0.1, 0.15) is 347 Å². The zero-order chi connectivity index (χ0) is 77.4. The molecule has 5 unspecified atom stereocenters. The average molecular weight is 1470 g/mol. The minimum Gasteiger partial charge on any atom is -0.0654 e. The summed E-state index contributed by atoms with van der Waals surface area (Å²) in [4.78, 5) is 0. The van der Waals surface area contributed by atoms with Crippen molar-refractivity contribution in [2.24, 2.45) is 0 Å². The Morgan fingerprint density at radius 2 is 0.420 bits per heavy atom. The van der Waals surface area contributed by atoms with Crippen molar-refractivity contribution in [1.29, 1.82) is 0 Å². The molecule has 576 valence electrons. The lowest BCUT2D eigenvalue weighted by Gasteiger charge is -2.35. The maximum Gasteiger partial charge on any atom is 0.0438 e. The van der Waals surface area contributed by atoms with E-state index in [1.165, 1.54) is 218 Å². The summed E-state index contributed by atoms with van der Waals surface area (Å²) in [5, 5.41) is 0. The Bertz CT molecular complexity index is 5180. The van der Waals surface area contributed by atoms with Crippen molar-refractivity contribution < 1.29 is 0 Å². The van der Waals surface area contributed by atoms with Crippen LogP contribution in [0, 0.1) is 0 Å². The van der Waals surface area contributed by atoms with Gasteiger partial charge in [0, 0.05) is 27.1 Å². The van der Waals surface area contributed by atoms with E-state index in [0.717, 1.165) is 57.8 Å². The fraction of sp³-hybridized carbons (Fsp3) is 0.411. The summed E-state index contributed by atoms with van der Waals surface area (Å²) in [7, 11) is 0. The molecule has 0 amide bonds. The molecule has 16 rings (SSSR count). The highest BCUT2D eigenvalue weighted by Gasteiger charge is 2.56. The second-order valence-electron chi connectivity index (χ2n) is 35.8. The van der Waals surface area contributed by atoms with Gasteiger partial charge in [-0.25, -0.2) is 0 Å². The number of benzene rings is 11. The Kier molecular flexibility index (Phi) is 22.6. The molecule has 0 radical (unpaired) electrons. The van der Waals surface area contributed by atoms with E-state index in [2.05, 4.69) is 288 Å². The van der Waals surface area contributed by atoms with Crippen molar-refractivity contribution >= 4 is 0 Å². The highest BCUT2D eigenvalue weighted by molar-refractivity contribution is 6.03. The fourth-order valence-electron chi connectivity index (χ4n) is 23.3. The van der Waals surface area contributed by atoms with Crippen LogP contribution in [0.3, 0.4) is 0 Å². The van der Waals surface area contributed by atoms with Gasteiger partial charge >= 0.3 is 0 Å². The summed E-state index contributed by atoms with van der Waals surface area (Å²) in [6, 6.07) is 86.5. The van der Waals surface area contributed by atoms with E-state index in [0.29, 0.717) is 0 Å². The molecule has 0 bridgehead atoms. The Morgan fingerprint density at radius 1 is 0.188 bits per heavy atom. The first kappa shape index (κ1) is 77.4. The van der Waals surface area contributed by atoms with Crippen molar-refractivity contribution in [3.05, 3.63) is 329 Å². The summed E-state index contributed by atoms with van der Waals surface area (Å²) >= 11 is 0. The maximum atomic E-state index is 2.92. The van der Waals surface area contributed by atoms with Crippen LogP contribution in [0.2, 0.25) is 0 Å². The summed E-state index contributed by atoms with van der Waals surface area (Å²) in [5.41, 5.74) is 44.9. The van der Waals surface area contributed by atoms with Gasteiger partial charge in [0.15, 0.2) is 0 Å². The van der Waals surface area contributed by atoms with Crippen molar-refractivity contribution in [1.82, 2.24) is 0 Å². The Balaban J connectivity index is 1.06. The van der Waals surface area contributed by atoms with Gasteiger partial charge in [-0.15, -0.1) is 0 Å². The molecule has 11 aromatic carbocycles. The molecule has 0 nitrogen and oxygen atoms in total. The smallest absolute Gasteiger partial charge is 0.0438 e. The van der Waals surface area contributed by atoms with Crippen molar-refractivity contribution in [3.63, 3.8) is 0 Å². The maximum absolute atomic E-state index is 2.92. The minimum absolute atomic E-state index is 0.367. The minimum atomic E-state index is -0.521. The van der Waals surface area contributed by atoms with E-state index in [-0.39, 0.29) is 10.8 Å². The van der Waals surface area contributed by atoms with Crippen LogP contribution in [0.5, 0.6) is 0 Å². The molecule has 5 aliphatic rings. The standard InChI is InChI=1S/C112H128/c1-12-18-24-35-53-77-71-72-78(54-36-25-19-13-2)103-98(77)89-73-95-90(74-94(89)109(103,8)80-57-39-31-40-58-80)101-87(68-49-28-22-16-5)107-102(88(69-50-29-23-17-6)106(101)110(95,9)81-59-41-32-42-60-81)92-76-96-91(75-97(92)112(107,11)83-63-45-34-46-64-83)100-86(67-48-27-21-15-4)104-99(84-65-51-52-70-93(84)108(104,7)79-55-37-30-38-56-79)85(66-47-26-20-14-3)105(100)111(96,10)82-61-43-33-44-62-82/h30-34,37-46,51-52,55-65,70-76H,12-29,35-36,47-50,53-54,66-69H2,1-11H3. The third kappa shape index (κ3) is 12.6. The molecule has 11 aromatic rings. The first-order valence-corrected chi connectivity index (χ1v) is 45.2. The number of hydrogen-bond donors (Lipinski definition) is 0. The molecule has 0 saturated carbocycles. The normalized spacial score (nSPS) is 19.6. The first-order chi connectivity index (χ1) is 54.8. The highest BCUT2D eigenvalue weighted by atomic mass is 14.6. The molecular formula is C112H128. The Morgan fingerprint density at radius 3 is 0.723 bits per heavy atom. The number of aryl methyl sites for hydroxylation is 2. The van der Waals surface area contributed by atoms with Crippen molar-refractivity contribution in [2.45, 2.75) is 296 Å². The van der Waals surface area contributed by atoms with E-state index >= 15 is 0 Å². The van der Waals surface area contributed by atoms with Gasteiger partial charge in [0.25, 0.3) is 0 Å². The third-order valence-electron chi connectivity index (χ3n) is 29.1. The zero-order valence-electron chi connectivity index (χ0n) is 70.4. The lowest BCUT2D eigenvalue weighted by atomic mass is 9.67. The van der Waals surface area contributed by atoms with Crippen molar-refractivity contribution in [3.8, 4) is 55.6 Å². The molecular weight excluding hydrogens is 1350 g/mol. The summed E-state index contributed by atoms with van der Waals surface area (Å²) < 4.78 is 0. The second kappa shape index (κ2) is 32.7. The van der Waals surface area contributed by atoms with Crippen LogP contribution in [-0.2, 0) is 65.6 Å². The van der Waals surface area contributed by atoms with E-state index in [1.54, 1.807) is 89.0 Å². The number of hydrogen-bond acceptors (Lipinski definition) is 0. The molecule has 5 atom stereocenters. The molecule has 0 spiro atoms. The Hall–Kier alpha value is -8.58. The Labute approximate surface area is 676 Å². The number of unbranched alkanes of at least 4 members (excludes halogenated alkanes) is 18. The van der Waals surface area contributed by atoms with Gasteiger partial charge in [-0.2, -0.15) is 0 Å². The SMILES string of the molecule is CCCCCCc1ccc(CCCCCC)c2c1-c1cc3c(cc1C2(C)c1ccccc1)-c1c(CCCCCC)c2c(c(CCCCCC)c1C3(C)c1ccccc1)-c1cc3c(cc1C2(C)c1ccccc1)-c1c(CCCCCC)c2c(c(CCCCCC)c1C3(C)c1ccccc1)-c1ccccc1C2(C)c1ccccc1. The van der Waals surface area contributed by atoms with E-state index in [1.807, 2.05) is 0 Å². The van der Waals surface area contributed by atoms with E-state index in [4.69, 9.17) is 0 Å². The topological polar surface area (TPSA) is 0 Å². The van der Waals surface area contributed by atoms with Crippen LogP contribution in [0.4, 0.5) is 0 Å². The van der Waals surface area contributed by atoms with Crippen LogP contribution < -0.4 is 0 Å². The van der Waals surface area contributed by atoms with Crippen molar-refractivity contribution in [2.75, 3.05) is 0 Å². The molecule has 0 aliphatic heterocycles. The van der Waals surface area contributed by atoms with Crippen LogP contribution in [0.25, 0.3) is 55.6 Å². The molecule has 0 heteroatoms. The molecule has 0 heterocycles. The molecule has 5 aliphatic carbocycles. The van der Waals surface area contributed by atoms with Crippen LogP contribution in [-0.4, -0.2) is 0 Å². The summed E-state index contributed by atoms with van der Waals surface area (Å²) in [5.74, 6) is 0. The van der Waals surface area contributed by atoms with Crippen LogP contribution >= 0.6 is 0 Å². The quantitative estimate of drug-likeness (QED) is 0.0347. The lowest BCUT2D eigenvalue weighted by Crippen LogP contribution is -2.27. The predicted molar refractivity (Wildman–Crippen MR) is 481 cm³/mol. The van der Waals surface area contributed by atoms with Gasteiger partial charge in [0.2, 0.25) is 0 Å². The largest absolute Gasteiger partial charge is 0.0654 e. The number of fused-ring (bicyclic) bond motifs is 15. The molecule has 0 N–H and O–H groups in total. The summed E-state index contributed by atoms with van der Waals surface area (Å²) in [6.07, 6.45) is 35.7. The van der Waals surface area contributed by atoms with Gasteiger partial charge in [0.1, 0.15) is 0 Å². The molecule has 0 fully saturated rings. The van der Waals surface area contributed by atoms with Gasteiger partial charge < -0.3 is 0 Å².